The summed E-state index contributed by atoms with van der Waals surface area (Å²) in [5, 5.41) is 15.1. The maximum atomic E-state index is 13.9. The van der Waals surface area contributed by atoms with Gasteiger partial charge in [-0.25, -0.2) is 0 Å². The molecule has 0 radical (unpaired) electrons. The van der Waals surface area contributed by atoms with Gasteiger partial charge in [0.2, 0.25) is 0 Å². The number of esters is 1. The van der Waals surface area contributed by atoms with Gasteiger partial charge in [0.05, 0.1) is 11.0 Å². The zero-order valence-electron chi connectivity index (χ0n) is 29.3. The van der Waals surface area contributed by atoms with Crippen LogP contribution in [-0.4, -0.2) is 71.1 Å². The van der Waals surface area contributed by atoms with Gasteiger partial charge in [0.25, 0.3) is 0 Å². The first kappa shape index (κ1) is 32.8. The van der Waals surface area contributed by atoms with E-state index >= 15 is 0 Å². The van der Waals surface area contributed by atoms with Crippen LogP contribution in [-0.2, 0) is 38.9 Å². The van der Waals surface area contributed by atoms with E-state index in [0.29, 0.717) is 18.8 Å². The fraction of sp³-hybridized carbons (Fsp3) is 0.548. The molecule has 2 bridgehead atoms. The number of carbonyl (C=O) groups excluding carboxylic acids is 1. The van der Waals surface area contributed by atoms with E-state index in [1.807, 2.05) is 45.0 Å². The van der Waals surface area contributed by atoms with E-state index in [0.717, 1.165) is 63.1 Å². The van der Waals surface area contributed by atoms with Gasteiger partial charge >= 0.3 is 5.97 Å². The van der Waals surface area contributed by atoms with Crippen molar-refractivity contribution in [2.45, 2.75) is 119 Å². The van der Waals surface area contributed by atoms with Gasteiger partial charge in [-0.1, -0.05) is 66.7 Å². The van der Waals surface area contributed by atoms with Crippen molar-refractivity contribution in [2.75, 3.05) is 19.7 Å². The van der Waals surface area contributed by atoms with Crippen molar-refractivity contribution in [1.82, 2.24) is 10.2 Å². The van der Waals surface area contributed by atoms with E-state index in [2.05, 4.69) is 58.7 Å². The molecule has 5 aliphatic rings. The quantitative estimate of drug-likeness (QED) is 0.169. The van der Waals surface area contributed by atoms with Crippen molar-refractivity contribution in [1.29, 1.82) is 0 Å². The van der Waals surface area contributed by atoms with Gasteiger partial charge in [0, 0.05) is 37.2 Å². The van der Waals surface area contributed by atoms with Crippen LogP contribution in [0.5, 0.6) is 11.5 Å². The fourth-order valence-electron chi connectivity index (χ4n) is 9.78. The normalized spacial score (nSPS) is 29.2. The van der Waals surface area contributed by atoms with Crippen LogP contribution in [0.2, 0.25) is 0 Å². The van der Waals surface area contributed by atoms with Crippen molar-refractivity contribution < 1.29 is 24.1 Å². The number of hydrogen-bond donors (Lipinski definition) is 2. The third-order valence-electron chi connectivity index (χ3n) is 11.9. The largest absolute Gasteiger partial charge is 0.504 e. The molecule has 7 heteroatoms. The number of aryl methyl sites for hydroxylation is 1. The number of aromatic hydroxyl groups is 1. The van der Waals surface area contributed by atoms with Gasteiger partial charge in [-0.3, -0.25) is 9.69 Å². The first-order valence-corrected chi connectivity index (χ1v) is 18.6. The fourth-order valence-corrected chi connectivity index (χ4v) is 9.78. The van der Waals surface area contributed by atoms with Crippen LogP contribution in [0.25, 0.3) is 0 Å². The monoisotopic (exact) mass is 664 g/mol. The Morgan fingerprint density at radius 1 is 1.04 bits per heavy atom. The van der Waals surface area contributed by atoms with Crippen molar-refractivity contribution in [2.24, 2.45) is 5.92 Å². The van der Waals surface area contributed by atoms with Crippen LogP contribution in [0.1, 0.15) is 81.5 Å². The summed E-state index contributed by atoms with van der Waals surface area (Å²) in [6.45, 7) is 8.55. The molecule has 49 heavy (non-hydrogen) atoms. The van der Waals surface area contributed by atoms with Crippen LogP contribution in [0, 0.1) is 5.92 Å². The molecule has 3 aliphatic carbocycles. The molecule has 1 unspecified atom stereocenters. The van der Waals surface area contributed by atoms with Crippen LogP contribution >= 0.6 is 0 Å². The highest BCUT2D eigenvalue weighted by Gasteiger charge is 2.73. The molecular weight excluding hydrogens is 612 g/mol. The highest BCUT2D eigenvalue weighted by Crippen LogP contribution is 2.66. The summed E-state index contributed by atoms with van der Waals surface area (Å²) in [5.41, 5.74) is 3.42. The molecule has 2 aliphatic heterocycles. The standard InChI is InChI=1S/C42H52N2O5/c1-40(2,3)49-39(46)33(23-29-13-8-5-9-14-29)43-32-25-36-41-20-21-44(27-30-16-17-30)35(24-31-18-19-34(45)38(48-36)37(31)41)42(41,26-32)47-22-10-15-28-11-6-4-7-12-28/h4-9,11-14,18-19,30,32-33,35-36,43,45H,10,15-17,20-27H2,1-3H3/t32-,33+,35?,36+,41-,42-/m1/s1. The SMILES string of the molecule is CC(C)(C)OC(=O)[C@H](Cc1ccccc1)N[C@@H]1C[C@@H]2Oc3c(O)ccc4c3[C@@]23CCN(CC2CC2)C(C4)[C@]3(OCCCc2ccccc2)C1. The number of nitrogens with one attached hydrogen (secondary N) is 1. The summed E-state index contributed by atoms with van der Waals surface area (Å²) in [6, 6.07) is 24.5. The van der Waals surface area contributed by atoms with Gasteiger partial charge < -0.3 is 24.6 Å². The second-order valence-corrected chi connectivity index (χ2v) is 16.3. The number of likely N-dealkylation sites (tertiary alicyclic amines) is 1. The summed E-state index contributed by atoms with van der Waals surface area (Å²) < 4.78 is 20.4. The van der Waals surface area contributed by atoms with E-state index in [-0.39, 0.29) is 35.3 Å². The van der Waals surface area contributed by atoms with Crippen LogP contribution in [0.3, 0.4) is 0 Å². The molecule has 3 aromatic carbocycles. The van der Waals surface area contributed by atoms with Crippen molar-refractivity contribution >= 4 is 5.97 Å². The summed E-state index contributed by atoms with van der Waals surface area (Å²) in [6.07, 6.45) is 8.18. The van der Waals surface area contributed by atoms with Crippen LogP contribution in [0.4, 0.5) is 0 Å². The van der Waals surface area contributed by atoms with E-state index in [1.165, 1.54) is 29.5 Å². The number of hydrogen-bond acceptors (Lipinski definition) is 7. The number of phenols is 1. The highest BCUT2D eigenvalue weighted by atomic mass is 16.6. The molecule has 7 nitrogen and oxygen atoms in total. The summed E-state index contributed by atoms with van der Waals surface area (Å²) >= 11 is 0. The molecule has 0 aromatic heterocycles. The van der Waals surface area contributed by atoms with Crippen LogP contribution < -0.4 is 10.1 Å². The van der Waals surface area contributed by atoms with E-state index in [9.17, 15) is 9.90 Å². The minimum Gasteiger partial charge on any atom is -0.504 e. The maximum absolute atomic E-state index is 13.9. The molecule has 2 heterocycles. The van der Waals surface area contributed by atoms with E-state index in [4.69, 9.17) is 14.2 Å². The maximum Gasteiger partial charge on any atom is 0.324 e. The number of carbonyl (C=O) groups is 1. The Kier molecular flexibility index (Phi) is 8.53. The highest BCUT2D eigenvalue weighted by molar-refractivity contribution is 5.76. The first-order valence-electron chi connectivity index (χ1n) is 18.6. The Morgan fingerprint density at radius 2 is 1.78 bits per heavy atom. The molecule has 0 amide bonds. The zero-order valence-corrected chi connectivity index (χ0v) is 29.3. The third kappa shape index (κ3) is 6.06. The lowest BCUT2D eigenvalue weighted by atomic mass is 9.48. The second kappa shape index (κ2) is 12.7. The van der Waals surface area contributed by atoms with Gasteiger partial charge in [-0.15, -0.1) is 0 Å². The molecule has 2 saturated carbocycles. The molecule has 3 fully saturated rings. The summed E-state index contributed by atoms with van der Waals surface area (Å²) in [4.78, 5) is 16.6. The van der Waals surface area contributed by atoms with Crippen LogP contribution in [0.15, 0.2) is 72.8 Å². The Bertz CT molecular complexity index is 1650. The smallest absolute Gasteiger partial charge is 0.324 e. The molecule has 8 rings (SSSR count). The van der Waals surface area contributed by atoms with Gasteiger partial charge in [-0.2, -0.15) is 0 Å². The van der Waals surface area contributed by atoms with Gasteiger partial charge in [0.15, 0.2) is 11.5 Å². The Labute approximate surface area is 291 Å². The molecule has 1 saturated heterocycles. The number of nitrogens with zero attached hydrogens (tertiary/aromatic N) is 1. The van der Waals surface area contributed by atoms with Gasteiger partial charge in [0.1, 0.15) is 17.7 Å². The Hall–Kier alpha value is -3.39. The molecular formula is C42H52N2O5. The predicted octanol–water partition coefficient (Wildman–Crippen LogP) is 6.52. The molecule has 6 atom stereocenters. The van der Waals surface area contributed by atoms with Crippen molar-refractivity contribution in [3.8, 4) is 11.5 Å². The molecule has 2 N–H and O–H groups in total. The lowest BCUT2D eigenvalue weighted by molar-refractivity contribution is -0.221. The summed E-state index contributed by atoms with van der Waals surface area (Å²) in [7, 11) is 0. The number of piperidine rings is 1. The lowest BCUT2D eigenvalue weighted by Gasteiger charge is -2.66. The average molecular weight is 665 g/mol. The summed E-state index contributed by atoms with van der Waals surface area (Å²) in [5.74, 6) is 1.41. The number of benzene rings is 3. The predicted molar refractivity (Wildman–Crippen MR) is 190 cm³/mol. The molecule has 1 spiro atoms. The Balaban J connectivity index is 1.16. The van der Waals surface area contributed by atoms with E-state index in [1.54, 1.807) is 0 Å². The number of ether oxygens (including phenoxy) is 3. The lowest BCUT2D eigenvalue weighted by Crippen LogP contribution is -2.78. The number of rotatable bonds is 12. The minimum atomic E-state index is -0.596. The van der Waals surface area contributed by atoms with Crippen molar-refractivity contribution in [3.63, 3.8) is 0 Å². The molecule has 3 aromatic rings. The second-order valence-electron chi connectivity index (χ2n) is 16.3. The average Bonchev–Trinajstić information content (AvgIpc) is 3.83. The van der Waals surface area contributed by atoms with Gasteiger partial charge in [-0.05, 0) is 107 Å². The number of phenolic OH excluding ortho intramolecular Hbond substituents is 1. The minimum absolute atomic E-state index is 0.0464. The topological polar surface area (TPSA) is 80.3 Å². The van der Waals surface area contributed by atoms with E-state index < -0.39 is 17.2 Å². The third-order valence-corrected chi connectivity index (χ3v) is 11.9. The molecule has 260 valence electrons. The van der Waals surface area contributed by atoms with Crippen molar-refractivity contribution in [3.05, 3.63) is 95.1 Å². The first-order chi connectivity index (χ1) is 23.6. The zero-order chi connectivity index (χ0) is 33.8. The Morgan fingerprint density at radius 3 is 2.49 bits per heavy atom.